The zero-order chi connectivity index (χ0) is 77.3. The Hall–Kier alpha value is -9.45. The zero-order valence-corrected chi connectivity index (χ0v) is 64.1. The minimum Gasteiger partial charge on any atom is -0.470 e. The fourth-order valence-corrected chi connectivity index (χ4v) is 14.6. The van der Waals surface area contributed by atoms with Gasteiger partial charge in [-0.1, -0.05) is 66.5 Å². The van der Waals surface area contributed by atoms with Gasteiger partial charge in [-0.3, -0.25) is 38.5 Å². The molecule has 0 radical (unpaired) electrons. The van der Waals surface area contributed by atoms with Crippen molar-refractivity contribution < 1.29 is 90.5 Å². The van der Waals surface area contributed by atoms with E-state index in [0.717, 1.165) is 48.1 Å². The van der Waals surface area contributed by atoms with Crippen LogP contribution >= 0.6 is 0 Å². The summed E-state index contributed by atoms with van der Waals surface area (Å²) in [5.41, 5.74) is 1.64. The van der Waals surface area contributed by atoms with Gasteiger partial charge in [0.05, 0.1) is 51.7 Å². The monoisotopic (exact) mass is 1510 g/mol. The van der Waals surface area contributed by atoms with Gasteiger partial charge in [0.2, 0.25) is 43.1 Å². The maximum absolute atomic E-state index is 13.9. The number of carbonyl (C=O) groups is 9. The molecule has 0 bridgehead atoms. The van der Waals surface area contributed by atoms with Crippen LogP contribution in [0.3, 0.4) is 0 Å². The summed E-state index contributed by atoms with van der Waals surface area (Å²) < 4.78 is 57.6. The van der Waals surface area contributed by atoms with Gasteiger partial charge in [-0.25, -0.2) is 14.5 Å². The first kappa shape index (κ1) is 82.1. The minimum atomic E-state index is -0.895. The molecule has 6 heterocycles. The number of rotatable bonds is 41. The van der Waals surface area contributed by atoms with E-state index in [9.17, 15) is 43.2 Å². The molecule has 4 atom stereocenters. The minimum absolute atomic E-state index is 0.00635. The molecule has 11 amide bonds. The van der Waals surface area contributed by atoms with Gasteiger partial charge in [0.1, 0.15) is 16.9 Å². The number of ether oxygens (including phenoxy) is 10. The highest BCUT2D eigenvalue weighted by atomic mass is 16.7. The van der Waals surface area contributed by atoms with Crippen LogP contribution in [0.15, 0.2) is 84.9 Å². The number of hydrogen-bond acceptors (Lipinski definition) is 19. The molecule has 0 aliphatic carbocycles. The van der Waals surface area contributed by atoms with Crippen LogP contribution in [0.25, 0.3) is 0 Å². The van der Waals surface area contributed by atoms with Crippen LogP contribution in [0, 0.1) is 10.8 Å². The van der Waals surface area contributed by atoms with Gasteiger partial charge >= 0.3 is 12.1 Å². The zero-order valence-electron chi connectivity index (χ0n) is 64.1. The van der Waals surface area contributed by atoms with Gasteiger partial charge in [-0.15, -0.1) is 0 Å². The smallest absolute Gasteiger partial charge is 0.327 e. The number of nitrogens with zero attached hydrogens (tertiary/aromatic N) is 6. The van der Waals surface area contributed by atoms with Gasteiger partial charge in [0.15, 0.2) is 35.5 Å². The molecule has 6 aliphatic heterocycles. The molecule has 4 N–H and O–H groups in total. The van der Waals surface area contributed by atoms with Crippen molar-refractivity contribution in [3.63, 3.8) is 0 Å². The van der Waals surface area contributed by atoms with Gasteiger partial charge in [-0.05, 0) is 135 Å². The Morgan fingerprint density at radius 1 is 0.459 bits per heavy atom. The van der Waals surface area contributed by atoms with Crippen molar-refractivity contribution in [2.75, 3.05) is 138 Å². The molecule has 0 unspecified atom stereocenters. The Labute approximate surface area is 638 Å². The van der Waals surface area contributed by atoms with Gasteiger partial charge < -0.3 is 88.2 Å². The first-order valence-corrected chi connectivity index (χ1v) is 39.0. The Morgan fingerprint density at radius 2 is 0.862 bits per heavy atom. The number of likely N-dealkylation sites (tertiary alicyclic amines) is 2. The summed E-state index contributed by atoms with van der Waals surface area (Å²) in [6, 6.07) is 23.7. The molecule has 109 heavy (non-hydrogen) atoms. The van der Waals surface area contributed by atoms with Crippen molar-refractivity contribution >= 4 is 53.4 Å². The molecule has 10 rings (SSSR count). The van der Waals surface area contributed by atoms with Crippen molar-refractivity contribution in [3.8, 4) is 34.5 Å². The molecule has 0 saturated carbocycles. The third-order valence-corrected chi connectivity index (χ3v) is 21.5. The van der Waals surface area contributed by atoms with Crippen molar-refractivity contribution in [2.24, 2.45) is 10.8 Å². The summed E-state index contributed by atoms with van der Waals surface area (Å²) in [4.78, 5) is 129. The molecule has 4 aromatic carbocycles. The number of imide groups is 1. The van der Waals surface area contributed by atoms with Gasteiger partial charge in [-0.2, -0.15) is 0 Å². The largest absolute Gasteiger partial charge is 0.470 e. The normalized spacial score (nSPS) is 17.9. The number of nitrogens with one attached hydrogen (secondary N) is 4. The predicted molar refractivity (Wildman–Crippen MR) is 401 cm³/mol. The van der Waals surface area contributed by atoms with E-state index in [0.29, 0.717) is 189 Å². The van der Waals surface area contributed by atoms with E-state index in [-0.39, 0.29) is 118 Å². The second kappa shape index (κ2) is 40.3. The summed E-state index contributed by atoms with van der Waals surface area (Å²) >= 11 is 0. The molecule has 0 spiro atoms. The highest BCUT2D eigenvalue weighted by Crippen LogP contribution is 2.48. The van der Waals surface area contributed by atoms with Gasteiger partial charge in [0, 0.05) is 127 Å². The van der Waals surface area contributed by atoms with Crippen molar-refractivity contribution in [1.82, 2.24) is 50.7 Å². The third kappa shape index (κ3) is 21.1. The van der Waals surface area contributed by atoms with E-state index < -0.39 is 23.9 Å². The second-order valence-electron chi connectivity index (χ2n) is 28.2. The fourth-order valence-electron chi connectivity index (χ4n) is 14.6. The van der Waals surface area contributed by atoms with Crippen molar-refractivity contribution in [1.29, 1.82) is 0 Å². The molecule has 4 fully saturated rings. The summed E-state index contributed by atoms with van der Waals surface area (Å²) in [6.07, 6.45) is 6.01. The molecule has 4 saturated heterocycles. The van der Waals surface area contributed by atoms with Crippen LogP contribution in [-0.2, 0) is 42.9 Å². The van der Waals surface area contributed by atoms with Crippen molar-refractivity contribution in [2.45, 2.75) is 156 Å². The lowest BCUT2D eigenvalue weighted by atomic mass is 9.72. The Kier molecular flexibility index (Phi) is 30.3. The number of β-lactam (4-membered cyclic amide) rings is 1. The lowest BCUT2D eigenvalue weighted by Gasteiger charge is -2.56. The summed E-state index contributed by atoms with van der Waals surface area (Å²) in [7, 11) is 0. The second-order valence-corrected chi connectivity index (χ2v) is 28.2. The average molecular weight is 1520 g/mol. The molecule has 4 aromatic rings. The average Bonchev–Trinajstić information content (AvgIpc) is 1.05. The molecule has 594 valence electrons. The van der Waals surface area contributed by atoms with E-state index in [1.54, 1.807) is 73.0 Å². The molecule has 29 heteroatoms. The lowest BCUT2D eigenvalue weighted by molar-refractivity contribution is -0.191. The van der Waals surface area contributed by atoms with Crippen molar-refractivity contribution in [3.05, 3.63) is 107 Å². The Bertz CT molecular complexity index is 3710. The number of piperazine rings is 2. The highest BCUT2D eigenvalue weighted by molar-refractivity contribution is 6.03. The van der Waals surface area contributed by atoms with E-state index in [1.807, 2.05) is 57.2 Å². The van der Waals surface area contributed by atoms with Crippen LogP contribution in [-0.4, -0.2) is 234 Å². The molecule has 29 nitrogen and oxygen atoms in total. The third-order valence-electron chi connectivity index (χ3n) is 21.5. The molecule has 6 aliphatic rings. The van der Waals surface area contributed by atoms with Crippen LogP contribution in [0.2, 0.25) is 0 Å². The van der Waals surface area contributed by atoms with Crippen LogP contribution < -0.4 is 49.7 Å². The van der Waals surface area contributed by atoms with E-state index >= 15 is 0 Å². The SMILES string of the molecule is CCC[C@@H](NC(=O)N1CC(CC)(CC)[C@@H]1Oc1ccc(C(=O)N2CCN(C(=O)CCCOCCOCCNC(=O)CCC(=O)NCCOCCOCCCC(=O)N3CCN(C(=O)c4ccc(O[C@@H]5N(C(=O)N[C@H](CCC)c6ccc7c(c6)OCO7)C(=O)C5(CC)CC)cc4)CC3)CC2)cc1)c1ccc2c(c1)OCO2. The van der Waals surface area contributed by atoms with E-state index in [2.05, 4.69) is 42.0 Å². The quantitative estimate of drug-likeness (QED) is 0.0238. The first-order valence-electron chi connectivity index (χ1n) is 39.0. The number of carbonyl (C=O) groups excluding carboxylic acids is 9. The number of hydrogen-bond donors (Lipinski definition) is 4. The summed E-state index contributed by atoms with van der Waals surface area (Å²) in [6.45, 7) is 19.3. The van der Waals surface area contributed by atoms with Crippen LogP contribution in [0.5, 0.6) is 34.5 Å². The fraction of sp³-hybridized carbons (Fsp3) is 0.588. The maximum atomic E-state index is 13.9. The highest BCUT2D eigenvalue weighted by Gasteiger charge is 2.63. The Morgan fingerprint density at radius 3 is 1.28 bits per heavy atom. The first-order chi connectivity index (χ1) is 52.9. The molecular formula is C80H110N10O19. The van der Waals surface area contributed by atoms with Gasteiger partial charge in [0.25, 0.3) is 11.8 Å². The number of fused-ring (bicyclic) bond motifs is 2. The number of benzene rings is 4. The lowest BCUT2D eigenvalue weighted by Crippen LogP contribution is -2.73. The summed E-state index contributed by atoms with van der Waals surface area (Å²) in [5, 5.41) is 11.8. The van der Waals surface area contributed by atoms with Crippen LogP contribution in [0.1, 0.15) is 175 Å². The number of amides is 11. The molecular weight excluding hydrogens is 1400 g/mol. The number of urea groups is 2. The predicted octanol–water partition coefficient (Wildman–Crippen LogP) is 8.73. The van der Waals surface area contributed by atoms with E-state index in [1.165, 1.54) is 0 Å². The molecule has 0 aromatic heterocycles. The topological polar surface area (TPSA) is 313 Å². The Balaban J connectivity index is 0.497. The van der Waals surface area contributed by atoms with Crippen LogP contribution in [0.4, 0.5) is 9.59 Å². The maximum Gasteiger partial charge on any atom is 0.327 e. The standard InChI is InChI=1S/C80H110N10O19/c1-7-15-62(58-23-29-64-66(51-58)106-54-104-64)83-77(98)89-53-79(9-3,10-4)75(89)108-60-25-19-56(20-26-60)72(95)87-39-35-85(36-40-87)70(93)17-13-43-100-47-49-102-45-33-81-68(91)31-32-69(92)82-34-46-103-50-48-101-44-14-18-71(94)86-37-41-88(42-38-86)73(96)57-21-27-61(28-22-57)109-76-80(11-5,12-6)74(97)90(76)78(99)84-63(16-8-2)59-24-30-65-67(52-59)107-55-105-65/h19-30,51-52,62-63,75-76H,7-18,31-50,53-55H2,1-6H3,(H,81,91)(H,82,92)(H,83,98)(H,84,99)/t62-,63-,75+,76+/m1/s1. The van der Waals surface area contributed by atoms with E-state index in [4.69, 9.17) is 47.4 Å². The summed E-state index contributed by atoms with van der Waals surface area (Å²) in [5.74, 6) is 2.43.